The van der Waals surface area contributed by atoms with Gasteiger partial charge in [0, 0.05) is 23.5 Å². The maximum atomic E-state index is 6.14. The van der Waals surface area contributed by atoms with Gasteiger partial charge in [0.2, 0.25) is 0 Å². The number of anilines is 2. The van der Waals surface area contributed by atoms with Crippen LogP contribution in [-0.4, -0.2) is 30.6 Å². The minimum Gasteiger partial charge on any atom is -0.455 e. The summed E-state index contributed by atoms with van der Waals surface area (Å²) in [6.45, 7) is 6.06. The molecule has 0 unspecified atom stereocenters. The lowest BCUT2D eigenvalue weighted by Crippen LogP contribution is -2.21. The summed E-state index contributed by atoms with van der Waals surface area (Å²) >= 11 is 0. The van der Waals surface area contributed by atoms with Crippen LogP contribution in [0.25, 0.3) is 11.3 Å². The molecule has 0 aliphatic carbocycles. The third-order valence-electron chi connectivity index (χ3n) is 5.83. The van der Waals surface area contributed by atoms with E-state index in [4.69, 9.17) is 9.72 Å². The lowest BCUT2D eigenvalue weighted by atomic mass is 9.84. The lowest BCUT2D eigenvalue weighted by molar-refractivity contribution is 0.475. The van der Waals surface area contributed by atoms with E-state index < -0.39 is 5.41 Å². The van der Waals surface area contributed by atoms with Gasteiger partial charge in [-0.2, -0.15) is 5.21 Å². The van der Waals surface area contributed by atoms with E-state index in [1.165, 1.54) is 0 Å². The van der Waals surface area contributed by atoms with Crippen LogP contribution in [-0.2, 0) is 5.41 Å². The smallest absolute Gasteiger partial charge is 0.184 e. The predicted molar refractivity (Wildman–Crippen MR) is 135 cm³/mol. The van der Waals surface area contributed by atoms with Crippen LogP contribution in [0.1, 0.15) is 30.9 Å². The van der Waals surface area contributed by atoms with Crippen LogP contribution in [0.15, 0.2) is 85.1 Å². The highest BCUT2D eigenvalue weighted by molar-refractivity contribution is 5.61. The number of nitrogens with one attached hydrogen (secondary N) is 2. The molecule has 8 nitrogen and oxygen atoms in total. The summed E-state index contributed by atoms with van der Waals surface area (Å²) in [5, 5.41) is 17.9. The van der Waals surface area contributed by atoms with Crippen LogP contribution < -0.4 is 10.1 Å². The summed E-state index contributed by atoms with van der Waals surface area (Å²) in [5.41, 5.74) is 4.34. The third-order valence-corrected chi connectivity index (χ3v) is 5.83. The van der Waals surface area contributed by atoms with Crippen molar-refractivity contribution in [2.24, 2.45) is 0 Å². The van der Waals surface area contributed by atoms with Crippen LogP contribution in [0.4, 0.5) is 11.5 Å². The molecule has 0 atom stereocenters. The van der Waals surface area contributed by atoms with Crippen molar-refractivity contribution in [3.63, 3.8) is 0 Å². The second-order valence-electron chi connectivity index (χ2n) is 8.69. The van der Waals surface area contributed by atoms with Gasteiger partial charge in [0.1, 0.15) is 17.3 Å². The predicted octanol–water partition coefficient (Wildman–Crippen LogP) is 5.83. The van der Waals surface area contributed by atoms with E-state index in [1.807, 2.05) is 79.7 Å². The standard InChI is InChI=1S/C27H25N7O/c1-18-24(13-12-23(29-18)19-8-5-4-6-9-19)35-22-14-15-28-25(17-22)30-21-11-7-10-20(16-21)27(2,3)26-31-33-34-32-26/h4-17H,1-3H3,(H,28,30)(H,31,32,33,34). The van der Waals surface area contributed by atoms with E-state index in [2.05, 4.69) is 50.8 Å². The van der Waals surface area contributed by atoms with Gasteiger partial charge in [-0.15, -0.1) is 10.2 Å². The van der Waals surface area contributed by atoms with Crippen molar-refractivity contribution in [2.75, 3.05) is 5.32 Å². The topological polar surface area (TPSA) is 102 Å². The van der Waals surface area contributed by atoms with Crippen molar-refractivity contribution in [3.8, 4) is 22.8 Å². The van der Waals surface area contributed by atoms with Crippen molar-refractivity contribution in [2.45, 2.75) is 26.2 Å². The number of pyridine rings is 2. The quantitative estimate of drug-likeness (QED) is 0.313. The van der Waals surface area contributed by atoms with E-state index in [1.54, 1.807) is 6.20 Å². The van der Waals surface area contributed by atoms with Crippen LogP contribution >= 0.6 is 0 Å². The zero-order valence-electron chi connectivity index (χ0n) is 19.7. The second-order valence-corrected chi connectivity index (χ2v) is 8.69. The highest BCUT2D eigenvalue weighted by Gasteiger charge is 2.28. The molecule has 5 rings (SSSR count). The first-order chi connectivity index (χ1) is 17.0. The summed E-state index contributed by atoms with van der Waals surface area (Å²) in [5.74, 6) is 2.67. The Kier molecular flexibility index (Phi) is 5.93. The number of aryl methyl sites for hydroxylation is 1. The van der Waals surface area contributed by atoms with E-state index in [-0.39, 0.29) is 0 Å². The van der Waals surface area contributed by atoms with E-state index >= 15 is 0 Å². The molecule has 0 aliphatic heterocycles. The highest BCUT2D eigenvalue weighted by Crippen LogP contribution is 2.32. The Balaban J connectivity index is 1.33. The molecule has 5 aromatic rings. The Morgan fingerprint density at radius 2 is 1.77 bits per heavy atom. The average molecular weight is 464 g/mol. The van der Waals surface area contributed by atoms with E-state index in [0.29, 0.717) is 23.1 Å². The molecule has 0 saturated heterocycles. The van der Waals surface area contributed by atoms with Gasteiger partial charge < -0.3 is 10.1 Å². The molecule has 2 N–H and O–H groups in total. The number of rotatable bonds is 7. The number of nitrogens with zero attached hydrogens (tertiary/aromatic N) is 5. The molecule has 174 valence electrons. The number of hydrogen-bond donors (Lipinski definition) is 2. The van der Waals surface area contributed by atoms with Crippen LogP contribution in [0, 0.1) is 6.92 Å². The maximum absolute atomic E-state index is 6.14. The summed E-state index contributed by atoms with van der Waals surface area (Å²) in [4.78, 5) is 9.16. The van der Waals surface area contributed by atoms with Gasteiger partial charge in [-0.3, -0.25) is 0 Å². The molecule has 0 amide bonds. The second kappa shape index (κ2) is 9.34. The molecule has 35 heavy (non-hydrogen) atoms. The molecule has 0 spiro atoms. The normalized spacial score (nSPS) is 11.3. The van der Waals surface area contributed by atoms with Gasteiger partial charge >= 0.3 is 0 Å². The number of aromatic nitrogens is 6. The zero-order chi connectivity index (χ0) is 24.3. The summed E-state index contributed by atoms with van der Waals surface area (Å²) in [7, 11) is 0. The Hall–Kier alpha value is -4.59. The molecule has 0 radical (unpaired) electrons. The number of tetrazole rings is 1. The average Bonchev–Trinajstić information content (AvgIpc) is 3.42. The van der Waals surface area contributed by atoms with Crippen molar-refractivity contribution < 1.29 is 4.74 Å². The lowest BCUT2D eigenvalue weighted by Gasteiger charge is -2.21. The Morgan fingerprint density at radius 3 is 2.54 bits per heavy atom. The zero-order valence-corrected chi connectivity index (χ0v) is 19.7. The minimum atomic E-state index is -0.403. The van der Waals surface area contributed by atoms with Crippen molar-refractivity contribution in [3.05, 3.63) is 102 Å². The van der Waals surface area contributed by atoms with Crippen LogP contribution in [0.5, 0.6) is 11.5 Å². The van der Waals surface area contributed by atoms with Crippen molar-refractivity contribution >= 4 is 11.5 Å². The molecular weight excluding hydrogens is 438 g/mol. The van der Waals surface area contributed by atoms with Crippen molar-refractivity contribution in [1.29, 1.82) is 0 Å². The molecule has 2 aromatic carbocycles. The molecule has 0 fully saturated rings. The van der Waals surface area contributed by atoms with Crippen LogP contribution in [0.2, 0.25) is 0 Å². The molecule has 8 heteroatoms. The summed E-state index contributed by atoms with van der Waals surface area (Å²) in [6.07, 6.45) is 1.71. The fourth-order valence-electron chi connectivity index (χ4n) is 3.79. The molecule has 0 saturated carbocycles. The Bertz CT molecular complexity index is 1430. The fourth-order valence-corrected chi connectivity index (χ4v) is 3.79. The van der Waals surface area contributed by atoms with Gasteiger partial charge in [-0.25, -0.2) is 9.97 Å². The van der Waals surface area contributed by atoms with Gasteiger partial charge in [-0.1, -0.05) is 47.7 Å². The first-order valence-corrected chi connectivity index (χ1v) is 11.3. The highest BCUT2D eigenvalue weighted by atomic mass is 16.5. The van der Waals surface area contributed by atoms with Crippen molar-refractivity contribution in [1.82, 2.24) is 30.6 Å². The molecule has 3 heterocycles. The number of benzene rings is 2. The van der Waals surface area contributed by atoms with Gasteiger partial charge in [0.05, 0.1) is 16.8 Å². The monoisotopic (exact) mass is 463 g/mol. The number of hydrogen-bond acceptors (Lipinski definition) is 7. The molecule has 0 bridgehead atoms. The largest absolute Gasteiger partial charge is 0.455 e. The number of ether oxygens (including phenoxy) is 1. The Morgan fingerprint density at radius 1 is 0.914 bits per heavy atom. The van der Waals surface area contributed by atoms with Gasteiger partial charge in [0.25, 0.3) is 0 Å². The number of H-pyrrole nitrogens is 1. The molecule has 0 aliphatic rings. The maximum Gasteiger partial charge on any atom is 0.184 e. The van der Waals surface area contributed by atoms with Gasteiger partial charge in [-0.05, 0) is 56.7 Å². The molecule has 3 aromatic heterocycles. The van der Waals surface area contributed by atoms with Crippen LogP contribution in [0.3, 0.4) is 0 Å². The van der Waals surface area contributed by atoms with E-state index in [0.717, 1.165) is 28.2 Å². The SMILES string of the molecule is Cc1nc(-c2ccccc2)ccc1Oc1ccnc(Nc2cccc(C(C)(C)c3nn[nH]n3)c2)c1. The summed E-state index contributed by atoms with van der Waals surface area (Å²) in [6, 6.07) is 25.8. The third kappa shape index (κ3) is 4.86. The van der Waals surface area contributed by atoms with E-state index in [9.17, 15) is 0 Å². The first-order valence-electron chi connectivity index (χ1n) is 11.3. The minimum absolute atomic E-state index is 0.403. The first kappa shape index (κ1) is 22.2. The molecular formula is C27H25N7O. The summed E-state index contributed by atoms with van der Waals surface area (Å²) < 4.78 is 6.14. The fraction of sp³-hybridized carbons (Fsp3) is 0.148. The Labute approximate surface area is 203 Å². The number of aromatic amines is 1. The van der Waals surface area contributed by atoms with Gasteiger partial charge in [0.15, 0.2) is 5.82 Å².